The second-order valence-corrected chi connectivity index (χ2v) is 4.21. The highest BCUT2D eigenvalue weighted by atomic mass is 14.7. The van der Waals surface area contributed by atoms with Gasteiger partial charge in [-0.3, -0.25) is 0 Å². The molecule has 2 rings (SSSR count). The molecule has 0 aliphatic carbocycles. The van der Waals surface area contributed by atoms with Crippen molar-refractivity contribution in [3.05, 3.63) is 35.5 Å². The van der Waals surface area contributed by atoms with Gasteiger partial charge in [-0.1, -0.05) is 19.1 Å². The molecule has 0 amide bonds. The van der Waals surface area contributed by atoms with Gasteiger partial charge < -0.3 is 10.7 Å². The summed E-state index contributed by atoms with van der Waals surface area (Å²) in [6, 6.07) is 8.84. The first-order valence-electron chi connectivity index (χ1n) is 5.55. The quantitative estimate of drug-likeness (QED) is 0.789. The van der Waals surface area contributed by atoms with Crippen molar-refractivity contribution in [2.45, 2.75) is 32.7 Å². The summed E-state index contributed by atoms with van der Waals surface area (Å²) >= 11 is 0. The van der Waals surface area contributed by atoms with Gasteiger partial charge in [-0.2, -0.15) is 0 Å². The van der Waals surface area contributed by atoms with E-state index in [0.29, 0.717) is 0 Å². The van der Waals surface area contributed by atoms with E-state index in [1.165, 1.54) is 22.2 Å². The SMILES string of the molecule is CCc1cc2c(CC(C)N)cccc2[nH]1. The smallest absolute Gasteiger partial charge is 0.0458 e. The maximum atomic E-state index is 5.84. The van der Waals surface area contributed by atoms with Crippen LogP contribution < -0.4 is 5.73 Å². The zero-order chi connectivity index (χ0) is 10.8. The number of rotatable bonds is 3. The Kier molecular flexibility index (Phi) is 2.78. The van der Waals surface area contributed by atoms with Crippen molar-refractivity contribution < 1.29 is 0 Å². The molecule has 0 saturated carbocycles. The van der Waals surface area contributed by atoms with Gasteiger partial charge in [0.05, 0.1) is 0 Å². The summed E-state index contributed by atoms with van der Waals surface area (Å²) < 4.78 is 0. The van der Waals surface area contributed by atoms with Gasteiger partial charge in [0.25, 0.3) is 0 Å². The summed E-state index contributed by atoms with van der Waals surface area (Å²) in [4.78, 5) is 3.42. The number of aromatic amines is 1. The van der Waals surface area contributed by atoms with Crippen LogP contribution >= 0.6 is 0 Å². The van der Waals surface area contributed by atoms with Crippen LogP contribution in [0.4, 0.5) is 0 Å². The Morgan fingerprint density at radius 3 is 2.87 bits per heavy atom. The van der Waals surface area contributed by atoms with Crippen LogP contribution in [0.5, 0.6) is 0 Å². The first kappa shape index (κ1) is 10.2. The minimum Gasteiger partial charge on any atom is -0.358 e. The lowest BCUT2D eigenvalue weighted by molar-refractivity contribution is 0.742. The van der Waals surface area contributed by atoms with Crippen LogP contribution in [0.25, 0.3) is 10.9 Å². The standard InChI is InChI=1S/C13H18N2/c1-3-11-8-12-10(7-9(2)14)5-4-6-13(12)15-11/h4-6,8-9,15H,3,7,14H2,1-2H3. The first-order chi connectivity index (χ1) is 7.20. The van der Waals surface area contributed by atoms with E-state index in [1.807, 2.05) is 6.92 Å². The molecule has 1 aromatic carbocycles. The molecule has 80 valence electrons. The second kappa shape index (κ2) is 4.07. The molecule has 1 heterocycles. The van der Waals surface area contributed by atoms with Gasteiger partial charge in [0.15, 0.2) is 0 Å². The Morgan fingerprint density at radius 1 is 1.40 bits per heavy atom. The number of nitrogens with two attached hydrogens (primary N) is 1. The Hall–Kier alpha value is -1.28. The van der Waals surface area contributed by atoms with Gasteiger partial charge >= 0.3 is 0 Å². The van der Waals surface area contributed by atoms with E-state index in [4.69, 9.17) is 5.73 Å². The van der Waals surface area contributed by atoms with Gasteiger partial charge in [0.1, 0.15) is 0 Å². The third-order valence-corrected chi connectivity index (χ3v) is 2.73. The van der Waals surface area contributed by atoms with Crippen molar-refractivity contribution in [2.75, 3.05) is 0 Å². The third kappa shape index (κ3) is 2.05. The number of aryl methyl sites for hydroxylation is 1. The highest BCUT2D eigenvalue weighted by Gasteiger charge is 2.05. The van der Waals surface area contributed by atoms with Crippen LogP contribution in [0, 0.1) is 0 Å². The van der Waals surface area contributed by atoms with Crippen molar-refractivity contribution in [3.8, 4) is 0 Å². The van der Waals surface area contributed by atoms with E-state index < -0.39 is 0 Å². The number of aromatic nitrogens is 1. The number of benzene rings is 1. The minimum atomic E-state index is 0.218. The van der Waals surface area contributed by atoms with Crippen molar-refractivity contribution >= 4 is 10.9 Å². The summed E-state index contributed by atoms with van der Waals surface area (Å²) in [6.45, 7) is 4.21. The lowest BCUT2D eigenvalue weighted by atomic mass is 10.0. The Labute approximate surface area is 90.5 Å². The summed E-state index contributed by atoms with van der Waals surface area (Å²) in [7, 11) is 0. The van der Waals surface area contributed by atoms with Crippen LogP contribution in [0.1, 0.15) is 25.1 Å². The zero-order valence-corrected chi connectivity index (χ0v) is 9.38. The molecule has 2 nitrogen and oxygen atoms in total. The topological polar surface area (TPSA) is 41.8 Å². The van der Waals surface area contributed by atoms with Gasteiger partial charge in [-0.15, -0.1) is 0 Å². The van der Waals surface area contributed by atoms with Crippen molar-refractivity contribution in [2.24, 2.45) is 5.73 Å². The number of hydrogen-bond acceptors (Lipinski definition) is 1. The van der Waals surface area contributed by atoms with Gasteiger partial charge in [-0.05, 0) is 37.5 Å². The molecule has 2 aromatic rings. The molecule has 0 spiro atoms. The molecular weight excluding hydrogens is 184 g/mol. The lowest BCUT2D eigenvalue weighted by Gasteiger charge is -2.05. The fourth-order valence-corrected chi connectivity index (χ4v) is 1.99. The summed E-state index contributed by atoms with van der Waals surface area (Å²) in [5, 5.41) is 1.33. The maximum absolute atomic E-state index is 5.84. The molecule has 1 aromatic heterocycles. The highest BCUT2D eigenvalue weighted by Crippen LogP contribution is 2.21. The Morgan fingerprint density at radius 2 is 2.20 bits per heavy atom. The average molecular weight is 202 g/mol. The third-order valence-electron chi connectivity index (χ3n) is 2.73. The molecule has 15 heavy (non-hydrogen) atoms. The Balaban J connectivity index is 2.49. The lowest BCUT2D eigenvalue weighted by Crippen LogP contribution is -2.17. The van der Waals surface area contributed by atoms with Gasteiger partial charge in [0, 0.05) is 22.6 Å². The fourth-order valence-electron chi connectivity index (χ4n) is 1.99. The van der Waals surface area contributed by atoms with Crippen LogP contribution in [0.3, 0.4) is 0 Å². The normalized spacial score (nSPS) is 13.3. The number of nitrogens with one attached hydrogen (secondary N) is 1. The molecule has 3 N–H and O–H groups in total. The first-order valence-corrected chi connectivity index (χ1v) is 5.55. The number of fused-ring (bicyclic) bond motifs is 1. The van der Waals surface area contributed by atoms with Crippen LogP contribution in [-0.2, 0) is 12.8 Å². The largest absolute Gasteiger partial charge is 0.358 e. The van der Waals surface area contributed by atoms with Crippen LogP contribution in [0.15, 0.2) is 24.3 Å². The zero-order valence-electron chi connectivity index (χ0n) is 9.38. The van der Waals surface area contributed by atoms with E-state index in [1.54, 1.807) is 0 Å². The molecule has 0 aliphatic rings. The molecular formula is C13H18N2. The molecule has 1 atom stereocenters. The number of hydrogen-bond donors (Lipinski definition) is 2. The Bertz CT molecular complexity index is 455. The minimum absolute atomic E-state index is 0.218. The molecule has 0 saturated heterocycles. The fraction of sp³-hybridized carbons (Fsp3) is 0.385. The molecule has 2 heteroatoms. The molecule has 0 aliphatic heterocycles. The van der Waals surface area contributed by atoms with E-state index >= 15 is 0 Å². The molecule has 0 fully saturated rings. The summed E-state index contributed by atoms with van der Waals surface area (Å²) in [5.74, 6) is 0. The monoisotopic (exact) mass is 202 g/mol. The van der Waals surface area contributed by atoms with Gasteiger partial charge in [0.2, 0.25) is 0 Å². The molecule has 1 unspecified atom stereocenters. The summed E-state index contributed by atoms with van der Waals surface area (Å²) in [6.07, 6.45) is 1.99. The van der Waals surface area contributed by atoms with Crippen molar-refractivity contribution in [1.29, 1.82) is 0 Å². The summed E-state index contributed by atoms with van der Waals surface area (Å²) in [5.41, 5.74) is 9.71. The van der Waals surface area contributed by atoms with E-state index in [0.717, 1.165) is 12.8 Å². The molecule has 0 bridgehead atoms. The predicted molar refractivity (Wildman–Crippen MR) is 65.0 cm³/mol. The predicted octanol–water partition coefficient (Wildman–Crippen LogP) is 2.62. The van der Waals surface area contributed by atoms with E-state index in [2.05, 4.69) is 36.2 Å². The van der Waals surface area contributed by atoms with Crippen LogP contribution in [-0.4, -0.2) is 11.0 Å². The average Bonchev–Trinajstić information content (AvgIpc) is 2.61. The van der Waals surface area contributed by atoms with Crippen LogP contribution in [0.2, 0.25) is 0 Å². The van der Waals surface area contributed by atoms with Crippen molar-refractivity contribution in [3.63, 3.8) is 0 Å². The maximum Gasteiger partial charge on any atom is 0.0458 e. The number of H-pyrrole nitrogens is 1. The highest BCUT2D eigenvalue weighted by molar-refractivity contribution is 5.84. The van der Waals surface area contributed by atoms with Gasteiger partial charge in [-0.25, -0.2) is 0 Å². The van der Waals surface area contributed by atoms with Crippen molar-refractivity contribution in [1.82, 2.24) is 4.98 Å². The molecule has 0 radical (unpaired) electrons. The second-order valence-electron chi connectivity index (χ2n) is 4.21. The van der Waals surface area contributed by atoms with E-state index in [-0.39, 0.29) is 6.04 Å². The van der Waals surface area contributed by atoms with E-state index in [9.17, 15) is 0 Å².